The highest BCUT2D eigenvalue weighted by Gasteiger charge is 2.28. The van der Waals surface area contributed by atoms with Gasteiger partial charge in [-0.2, -0.15) is 0 Å². The number of hydrogen-bond acceptors (Lipinski definition) is 6. The molecule has 1 aliphatic heterocycles. The first-order chi connectivity index (χ1) is 12.4. The van der Waals surface area contributed by atoms with Crippen molar-refractivity contribution in [3.05, 3.63) is 51.8 Å². The van der Waals surface area contributed by atoms with E-state index in [2.05, 4.69) is 10.5 Å². The van der Waals surface area contributed by atoms with Gasteiger partial charge in [-0.25, -0.2) is 0 Å². The van der Waals surface area contributed by atoms with E-state index in [4.69, 9.17) is 4.52 Å². The molecule has 0 radical (unpaired) electrons. The van der Waals surface area contributed by atoms with Crippen LogP contribution in [0.5, 0.6) is 0 Å². The Morgan fingerprint density at radius 3 is 2.46 bits per heavy atom. The zero-order chi connectivity index (χ0) is 18.7. The molecular weight excluding hydrogens is 340 g/mol. The molecule has 9 heteroatoms. The Morgan fingerprint density at radius 1 is 1.27 bits per heavy atom. The fourth-order valence-electron chi connectivity index (χ4n) is 2.91. The number of likely N-dealkylation sites (tertiary alicyclic amines) is 1. The van der Waals surface area contributed by atoms with Gasteiger partial charge in [0.25, 0.3) is 11.6 Å². The summed E-state index contributed by atoms with van der Waals surface area (Å²) < 4.78 is 4.91. The third kappa shape index (κ3) is 3.88. The molecule has 136 valence electrons. The molecule has 1 aliphatic rings. The molecule has 0 bridgehead atoms. The molecule has 1 aromatic heterocycles. The Bertz CT molecular complexity index is 822. The topological polar surface area (TPSA) is 119 Å². The predicted molar refractivity (Wildman–Crippen MR) is 91.6 cm³/mol. The molecule has 0 unspecified atom stereocenters. The van der Waals surface area contributed by atoms with Gasteiger partial charge in [0.1, 0.15) is 5.76 Å². The zero-order valence-corrected chi connectivity index (χ0v) is 14.2. The quantitative estimate of drug-likeness (QED) is 0.662. The normalized spacial score (nSPS) is 14.9. The molecule has 2 aromatic rings. The van der Waals surface area contributed by atoms with Gasteiger partial charge in [0, 0.05) is 42.8 Å². The second-order valence-corrected chi connectivity index (χ2v) is 6.18. The van der Waals surface area contributed by atoms with Crippen LogP contribution in [0.25, 0.3) is 0 Å². The van der Waals surface area contributed by atoms with Crippen molar-refractivity contribution < 1.29 is 19.0 Å². The molecular formula is C17H18N4O5. The molecule has 1 aromatic carbocycles. The van der Waals surface area contributed by atoms with Crippen LogP contribution in [0.1, 0.15) is 29.0 Å². The highest BCUT2D eigenvalue weighted by Crippen LogP contribution is 2.22. The van der Waals surface area contributed by atoms with Crippen molar-refractivity contribution in [2.75, 3.05) is 18.4 Å². The summed E-state index contributed by atoms with van der Waals surface area (Å²) in [5.74, 6) is 0.472. The third-order valence-corrected chi connectivity index (χ3v) is 4.36. The standard InChI is InChI=1S/C17H18N4O5/c1-11-10-15(19-26-11)18-16(22)12-6-8-20(9-7-12)17(23)13-2-4-14(5-3-13)21(24)25/h2-5,10,12H,6-9H2,1H3,(H,18,19,22). The lowest BCUT2D eigenvalue weighted by molar-refractivity contribution is -0.384. The maximum Gasteiger partial charge on any atom is 0.269 e. The molecule has 1 N–H and O–H groups in total. The first kappa shape index (κ1) is 17.6. The van der Waals surface area contributed by atoms with Gasteiger partial charge in [-0.1, -0.05) is 5.16 Å². The van der Waals surface area contributed by atoms with E-state index in [1.165, 1.54) is 24.3 Å². The maximum absolute atomic E-state index is 12.5. The van der Waals surface area contributed by atoms with Crippen molar-refractivity contribution >= 4 is 23.3 Å². The first-order valence-electron chi connectivity index (χ1n) is 8.22. The monoisotopic (exact) mass is 358 g/mol. The number of amides is 2. The average molecular weight is 358 g/mol. The molecule has 2 amide bonds. The van der Waals surface area contributed by atoms with E-state index in [1.807, 2.05) is 0 Å². The number of nitrogens with zero attached hydrogens (tertiary/aromatic N) is 3. The number of nitro groups is 1. The lowest BCUT2D eigenvalue weighted by Crippen LogP contribution is -2.41. The number of anilines is 1. The number of hydrogen-bond donors (Lipinski definition) is 1. The van der Waals surface area contributed by atoms with Gasteiger partial charge in [-0.05, 0) is 31.9 Å². The van der Waals surface area contributed by atoms with Crippen LogP contribution < -0.4 is 5.32 Å². The predicted octanol–water partition coefficient (Wildman–Crippen LogP) is 2.38. The van der Waals surface area contributed by atoms with E-state index in [-0.39, 0.29) is 23.4 Å². The molecule has 1 saturated heterocycles. The minimum absolute atomic E-state index is 0.0555. The third-order valence-electron chi connectivity index (χ3n) is 4.36. The van der Waals surface area contributed by atoms with Crippen LogP contribution in [0, 0.1) is 23.0 Å². The maximum atomic E-state index is 12.5. The van der Waals surface area contributed by atoms with Crippen LogP contribution in [0.4, 0.5) is 11.5 Å². The largest absolute Gasteiger partial charge is 0.360 e. The molecule has 1 fully saturated rings. The zero-order valence-electron chi connectivity index (χ0n) is 14.2. The van der Waals surface area contributed by atoms with E-state index < -0.39 is 4.92 Å². The van der Waals surface area contributed by atoms with Crippen LogP contribution in [0.2, 0.25) is 0 Å². The highest BCUT2D eigenvalue weighted by atomic mass is 16.6. The Labute approximate surface area is 149 Å². The fourth-order valence-corrected chi connectivity index (χ4v) is 2.91. The number of rotatable bonds is 4. The van der Waals surface area contributed by atoms with Crippen molar-refractivity contribution in [2.45, 2.75) is 19.8 Å². The smallest absolute Gasteiger partial charge is 0.269 e. The summed E-state index contributed by atoms with van der Waals surface area (Å²) >= 11 is 0. The minimum atomic E-state index is -0.505. The second-order valence-electron chi connectivity index (χ2n) is 6.18. The van der Waals surface area contributed by atoms with Gasteiger partial charge in [0.05, 0.1) is 4.92 Å². The van der Waals surface area contributed by atoms with E-state index in [1.54, 1.807) is 17.9 Å². The average Bonchev–Trinajstić information content (AvgIpc) is 3.06. The summed E-state index contributed by atoms with van der Waals surface area (Å²) in [5, 5.41) is 17.1. The first-order valence-corrected chi connectivity index (χ1v) is 8.22. The number of benzene rings is 1. The van der Waals surface area contributed by atoms with Crippen molar-refractivity contribution in [1.82, 2.24) is 10.1 Å². The van der Waals surface area contributed by atoms with Crippen LogP contribution in [0.3, 0.4) is 0 Å². The van der Waals surface area contributed by atoms with Gasteiger partial charge in [0.2, 0.25) is 5.91 Å². The molecule has 0 spiro atoms. The molecule has 9 nitrogen and oxygen atoms in total. The molecule has 2 heterocycles. The number of piperidine rings is 1. The lowest BCUT2D eigenvalue weighted by Gasteiger charge is -2.31. The summed E-state index contributed by atoms with van der Waals surface area (Å²) in [6.07, 6.45) is 1.09. The van der Waals surface area contributed by atoms with Crippen molar-refractivity contribution in [3.8, 4) is 0 Å². The molecule has 0 atom stereocenters. The Balaban J connectivity index is 1.54. The molecule has 0 aliphatic carbocycles. The van der Waals surface area contributed by atoms with E-state index >= 15 is 0 Å². The van der Waals surface area contributed by atoms with Crippen molar-refractivity contribution in [3.63, 3.8) is 0 Å². The number of carbonyl (C=O) groups is 2. The van der Waals surface area contributed by atoms with E-state index in [0.29, 0.717) is 43.1 Å². The summed E-state index contributed by atoms with van der Waals surface area (Å²) in [6.45, 7) is 2.64. The van der Waals surface area contributed by atoms with Gasteiger partial charge >= 0.3 is 0 Å². The number of aromatic nitrogens is 1. The van der Waals surface area contributed by atoms with Gasteiger partial charge < -0.3 is 14.7 Å². The van der Waals surface area contributed by atoms with Gasteiger partial charge in [-0.15, -0.1) is 0 Å². The Morgan fingerprint density at radius 2 is 1.92 bits per heavy atom. The lowest BCUT2D eigenvalue weighted by atomic mass is 9.95. The van der Waals surface area contributed by atoms with Crippen LogP contribution in [-0.4, -0.2) is 39.9 Å². The van der Waals surface area contributed by atoms with Gasteiger partial charge in [-0.3, -0.25) is 19.7 Å². The number of non-ortho nitro benzene ring substituents is 1. The highest BCUT2D eigenvalue weighted by molar-refractivity contribution is 5.95. The van der Waals surface area contributed by atoms with Crippen LogP contribution in [-0.2, 0) is 4.79 Å². The SMILES string of the molecule is Cc1cc(NC(=O)C2CCN(C(=O)c3ccc([N+](=O)[O-])cc3)CC2)no1. The van der Waals surface area contributed by atoms with Crippen molar-refractivity contribution in [1.29, 1.82) is 0 Å². The van der Waals surface area contributed by atoms with Crippen LogP contribution >= 0.6 is 0 Å². The molecule has 3 rings (SSSR count). The summed E-state index contributed by atoms with van der Waals surface area (Å²) in [4.78, 5) is 36.6. The van der Waals surface area contributed by atoms with Crippen molar-refractivity contribution in [2.24, 2.45) is 5.92 Å². The molecule has 26 heavy (non-hydrogen) atoms. The van der Waals surface area contributed by atoms with Crippen LogP contribution in [0.15, 0.2) is 34.9 Å². The number of carbonyl (C=O) groups excluding carboxylic acids is 2. The second kappa shape index (κ2) is 7.34. The Hall–Kier alpha value is -3.23. The fraction of sp³-hybridized carbons (Fsp3) is 0.353. The van der Waals surface area contributed by atoms with E-state index in [9.17, 15) is 19.7 Å². The van der Waals surface area contributed by atoms with E-state index in [0.717, 1.165) is 0 Å². The summed E-state index contributed by atoms with van der Waals surface area (Å²) in [5.41, 5.74) is 0.344. The number of nitrogens with one attached hydrogen (secondary N) is 1. The number of nitro benzene ring substituents is 1. The number of aryl methyl sites for hydroxylation is 1. The van der Waals surface area contributed by atoms with Gasteiger partial charge in [0.15, 0.2) is 5.82 Å². The summed E-state index contributed by atoms with van der Waals surface area (Å²) in [7, 11) is 0. The molecule has 0 saturated carbocycles. The minimum Gasteiger partial charge on any atom is -0.360 e. The Kier molecular flexibility index (Phi) is 4.97. The summed E-state index contributed by atoms with van der Waals surface area (Å²) in [6, 6.07) is 7.17.